The number of rotatable bonds is 5. The Morgan fingerprint density at radius 1 is 1.60 bits per heavy atom. The lowest BCUT2D eigenvalue weighted by molar-refractivity contribution is -0.119. The maximum atomic E-state index is 12.0. The molecule has 0 saturated carbocycles. The van der Waals surface area contributed by atoms with Crippen LogP contribution in [0.25, 0.3) is 0 Å². The molecule has 8 heteroatoms. The first kappa shape index (κ1) is 14.1. The minimum absolute atomic E-state index is 0.150. The molecule has 0 fully saturated rings. The summed E-state index contributed by atoms with van der Waals surface area (Å²) in [6.45, 7) is 2.37. The number of carbonyl (C=O) groups is 1. The van der Waals surface area contributed by atoms with Crippen molar-refractivity contribution in [2.75, 3.05) is 5.32 Å². The number of nitrogens with one attached hydrogen (secondary N) is 1. The summed E-state index contributed by atoms with van der Waals surface area (Å²) < 4.78 is 3.06. The molecule has 104 valence electrons. The van der Waals surface area contributed by atoms with Crippen LogP contribution in [0.5, 0.6) is 0 Å². The maximum absolute atomic E-state index is 12.0. The Morgan fingerprint density at radius 2 is 2.40 bits per heavy atom. The monoisotopic (exact) mass is 292 g/mol. The molecule has 0 aliphatic rings. The number of nitriles is 1. The van der Waals surface area contributed by atoms with Crippen LogP contribution in [0.3, 0.4) is 0 Å². The standard InChI is InChI=1S/C12H13ClN6O/c1-9(7-19-8-10(13)6-15-19)12(20)16-11-2-4-18(17-11)5-3-14/h2,4,6,8-9H,5,7H2,1H3,(H,16,17,20). The zero-order valence-electron chi connectivity index (χ0n) is 10.8. The van der Waals surface area contributed by atoms with Crippen LogP contribution in [0.4, 0.5) is 5.82 Å². The van der Waals surface area contributed by atoms with Gasteiger partial charge in [-0.1, -0.05) is 18.5 Å². The van der Waals surface area contributed by atoms with E-state index in [2.05, 4.69) is 15.5 Å². The fourth-order valence-electron chi connectivity index (χ4n) is 1.64. The molecule has 2 heterocycles. The Kier molecular flexibility index (Phi) is 4.38. The van der Waals surface area contributed by atoms with E-state index in [9.17, 15) is 4.79 Å². The summed E-state index contributed by atoms with van der Waals surface area (Å²) in [6, 6.07) is 3.62. The molecular formula is C12H13ClN6O. The fraction of sp³-hybridized carbons (Fsp3) is 0.333. The number of anilines is 1. The molecule has 1 amide bonds. The molecule has 0 radical (unpaired) electrons. The first-order chi connectivity index (χ1) is 9.58. The quantitative estimate of drug-likeness (QED) is 0.905. The number of carbonyl (C=O) groups excluding carboxylic acids is 1. The van der Waals surface area contributed by atoms with Crippen molar-refractivity contribution < 1.29 is 4.79 Å². The lowest BCUT2D eigenvalue weighted by Crippen LogP contribution is -2.24. The van der Waals surface area contributed by atoms with E-state index in [1.807, 2.05) is 6.07 Å². The average molecular weight is 293 g/mol. The molecule has 0 aliphatic heterocycles. The molecule has 1 N–H and O–H groups in total. The van der Waals surface area contributed by atoms with E-state index >= 15 is 0 Å². The molecule has 1 unspecified atom stereocenters. The van der Waals surface area contributed by atoms with E-state index in [1.54, 1.807) is 30.1 Å². The van der Waals surface area contributed by atoms with Gasteiger partial charge >= 0.3 is 0 Å². The van der Waals surface area contributed by atoms with Gasteiger partial charge in [-0.05, 0) is 0 Å². The number of nitrogens with zero attached hydrogens (tertiary/aromatic N) is 5. The van der Waals surface area contributed by atoms with Crippen LogP contribution >= 0.6 is 11.6 Å². The van der Waals surface area contributed by atoms with Gasteiger partial charge in [0.25, 0.3) is 0 Å². The van der Waals surface area contributed by atoms with Crippen molar-refractivity contribution in [1.82, 2.24) is 19.6 Å². The molecule has 0 spiro atoms. The third-order valence-corrected chi connectivity index (χ3v) is 2.83. The van der Waals surface area contributed by atoms with Crippen LogP contribution in [-0.2, 0) is 17.9 Å². The van der Waals surface area contributed by atoms with E-state index in [-0.39, 0.29) is 18.4 Å². The molecule has 0 aliphatic carbocycles. The second kappa shape index (κ2) is 6.21. The number of amides is 1. The van der Waals surface area contributed by atoms with Gasteiger partial charge < -0.3 is 5.32 Å². The molecule has 0 bridgehead atoms. The van der Waals surface area contributed by atoms with Gasteiger partial charge in [0.1, 0.15) is 6.54 Å². The number of halogens is 1. The Bertz CT molecular complexity index is 640. The second-order valence-corrected chi connectivity index (χ2v) is 4.76. The third-order valence-electron chi connectivity index (χ3n) is 2.63. The van der Waals surface area contributed by atoms with Crippen LogP contribution in [0, 0.1) is 17.2 Å². The number of hydrogen-bond donors (Lipinski definition) is 1. The molecule has 2 rings (SSSR count). The molecular weight excluding hydrogens is 280 g/mol. The lowest BCUT2D eigenvalue weighted by atomic mass is 10.1. The Hall–Kier alpha value is -2.33. The fourth-order valence-corrected chi connectivity index (χ4v) is 1.80. The first-order valence-corrected chi connectivity index (χ1v) is 6.35. The Labute approximate surface area is 120 Å². The minimum atomic E-state index is -0.285. The van der Waals surface area contributed by atoms with Crippen molar-refractivity contribution in [3.63, 3.8) is 0 Å². The van der Waals surface area contributed by atoms with Crippen LogP contribution in [-0.4, -0.2) is 25.5 Å². The largest absolute Gasteiger partial charge is 0.309 e. The van der Waals surface area contributed by atoms with Crippen molar-refractivity contribution in [3.05, 3.63) is 29.7 Å². The summed E-state index contributed by atoms with van der Waals surface area (Å²) in [5.74, 6) is -0.0264. The van der Waals surface area contributed by atoms with Gasteiger partial charge in [-0.15, -0.1) is 0 Å². The van der Waals surface area contributed by atoms with Crippen LogP contribution in [0.15, 0.2) is 24.7 Å². The van der Waals surface area contributed by atoms with Gasteiger partial charge in [0.2, 0.25) is 5.91 Å². The molecule has 20 heavy (non-hydrogen) atoms. The summed E-state index contributed by atoms with van der Waals surface area (Å²) in [5, 5.41) is 19.8. The van der Waals surface area contributed by atoms with Crippen molar-refractivity contribution in [3.8, 4) is 6.07 Å². The third kappa shape index (κ3) is 3.59. The van der Waals surface area contributed by atoms with Crippen molar-refractivity contribution in [1.29, 1.82) is 5.26 Å². The van der Waals surface area contributed by atoms with Gasteiger partial charge in [-0.2, -0.15) is 15.5 Å². The van der Waals surface area contributed by atoms with Gasteiger partial charge in [0.05, 0.1) is 29.8 Å². The summed E-state index contributed by atoms with van der Waals surface area (Å²) in [7, 11) is 0. The van der Waals surface area contributed by atoms with Gasteiger partial charge in [-0.25, -0.2) is 0 Å². The molecule has 0 saturated heterocycles. The molecule has 2 aromatic rings. The van der Waals surface area contributed by atoms with Crippen molar-refractivity contribution in [2.45, 2.75) is 20.0 Å². The molecule has 2 aromatic heterocycles. The average Bonchev–Trinajstić information content (AvgIpc) is 2.99. The van der Waals surface area contributed by atoms with Crippen molar-refractivity contribution in [2.24, 2.45) is 5.92 Å². The highest BCUT2D eigenvalue weighted by molar-refractivity contribution is 6.30. The Balaban J connectivity index is 1.91. The normalized spacial score (nSPS) is 11.8. The number of hydrogen-bond acceptors (Lipinski definition) is 4. The maximum Gasteiger partial charge on any atom is 0.230 e. The predicted octanol–water partition coefficient (Wildman–Crippen LogP) is 1.53. The van der Waals surface area contributed by atoms with Gasteiger partial charge in [-0.3, -0.25) is 14.2 Å². The SMILES string of the molecule is CC(Cn1cc(Cl)cn1)C(=O)Nc1ccn(CC#N)n1. The van der Waals surface area contributed by atoms with E-state index in [1.165, 1.54) is 10.9 Å². The van der Waals surface area contributed by atoms with E-state index in [0.717, 1.165) is 0 Å². The highest BCUT2D eigenvalue weighted by Crippen LogP contribution is 2.10. The predicted molar refractivity (Wildman–Crippen MR) is 72.9 cm³/mol. The first-order valence-electron chi connectivity index (χ1n) is 5.97. The summed E-state index contributed by atoms with van der Waals surface area (Å²) >= 11 is 5.76. The van der Waals surface area contributed by atoms with Crippen LogP contribution in [0.2, 0.25) is 5.02 Å². The molecule has 1 atom stereocenters. The van der Waals surface area contributed by atoms with Crippen molar-refractivity contribution >= 4 is 23.3 Å². The van der Waals surface area contributed by atoms with Gasteiger partial charge in [0.15, 0.2) is 5.82 Å². The van der Waals surface area contributed by atoms with E-state index < -0.39 is 0 Å². The van der Waals surface area contributed by atoms with E-state index in [0.29, 0.717) is 17.4 Å². The molecule has 0 aromatic carbocycles. The smallest absolute Gasteiger partial charge is 0.230 e. The van der Waals surface area contributed by atoms with Crippen LogP contribution in [0.1, 0.15) is 6.92 Å². The highest BCUT2D eigenvalue weighted by Gasteiger charge is 2.15. The highest BCUT2D eigenvalue weighted by atomic mass is 35.5. The summed E-state index contributed by atoms with van der Waals surface area (Å²) in [4.78, 5) is 12.0. The second-order valence-electron chi connectivity index (χ2n) is 4.33. The topological polar surface area (TPSA) is 88.5 Å². The minimum Gasteiger partial charge on any atom is -0.309 e. The van der Waals surface area contributed by atoms with E-state index in [4.69, 9.17) is 16.9 Å². The lowest BCUT2D eigenvalue weighted by Gasteiger charge is -2.10. The zero-order valence-corrected chi connectivity index (χ0v) is 11.6. The van der Waals surface area contributed by atoms with Crippen LogP contribution < -0.4 is 5.32 Å². The summed E-state index contributed by atoms with van der Waals surface area (Å²) in [6.07, 6.45) is 4.82. The molecule has 7 nitrogen and oxygen atoms in total. The zero-order chi connectivity index (χ0) is 14.5. The van der Waals surface area contributed by atoms with Gasteiger partial charge in [0, 0.05) is 18.5 Å². The Morgan fingerprint density at radius 3 is 3.05 bits per heavy atom. The number of aromatic nitrogens is 4. The summed E-state index contributed by atoms with van der Waals surface area (Å²) in [5.41, 5.74) is 0.